The van der Waals surface area contributed by atoms with Gasteiger partial charge in [-0.1, -0.05) is 0 Å². The van der Waals surface area contributed by atoms with E-state index in [1.165, 1.54) is 27.1 Å². The molecule has 0 radical (unpaired) electrons. The van der Waals surface area contributed by atoms with Gasteiger partial charge in [0.05, 0.1) is 5.39 Å². The third kappa shape index (κ3) is 2.35. The summed E-state index contributed by atoms with van der Waals surface area (Å²) in [4.78, 5) is 30.8. The van der Waals surface area contributed by atoms with Gasteiger partial charge < -0.3 is 0 Å². The Morgan fingerprint density at radius 3 is 2.96 bits per heavy atom. The standard InChI is InChI=1S/C17H14N4OS3/c1-8-6-10-13(23-8)18-7-19-14(10)25-17-20-15-12(16(22)21(17)2)9-4-3-5-11(9)24-15/h6-7H,3-5H2,1-2H3. The Morgan fingerprint density at radius 1 is 1.20 bits per heavy atom. The Hall–Kier alpha value is -1.77. The van der Waals surface area contributed by atoms with E-state index in [0.717, 1.165) is 44.7 Å². The van der Waals surface area contributed by atoms with Crippen molar-refractivity contribution in [2.75, 3.05) is 0 Å². The molecule has 8 heteroatoms. The van der Waals surface area contributed by atoms with Crippen molar-refractivity contribution in [3.05, 3.63) is 38.1 Å². The van der Waals surface area contributed by atoms with Gasteiger partial charge in [-0.3, -0.25) is 9.36 Å². The molecule has 0 atom stereocenters. The summed E-state index contributed by atoms with van der Waals surface area (Å²) >= 11 is 4.77. The molecule has 126 valence electrons. The Bertz CT molecular complexity index is 1200. The molecule has 5 rings (SSSR count). The lowest BCUT2D eigenvalue weighted by atomic mass is 10.2. The van der Waals surface area contributed by atoms with Crippen LogP contribution in [0.2, 0.25) is 0 Å². The minimum atomic E-state index is 0.0544. The molecule has 0 bridgehead atoms. The molecule has 4 aromatic rings. The highest BCUT2D eigenvalue weighted by molar-refractivity contribution is 7.99. The van der Waals surface area contributed by atoms with Crippen molar-refractivity contribution in [1.82, 2.24) is 19.5 Å². The lowest BCUT2D eigenvalue weighted by molar-refractivity contribution is 0.726. The summed E-state index contributed by atoms with van der Waals surface area (Å²) in [6.45, 7) is 2.06. The maximum absolute atomic E-state index is 12.9. The van der Waals surface area contributed by atoms with Crippen LogP contribution in [0.3, 0.4) is 0 Å². The van der Waals surface area contributed by atoms with Crippen molar-refractivity contribution in [2.24, 2.45) is 7.05 Å². The first kappa shape index (κ1) is 15.5. The van der Waals surface area contributed by atoms with E-state index in [1.54, 1.807) is 40.6 Å². The second-order valence-corrected chi connectivity index (χ2v) is 9.43. The van der Waals surface area contributed by atoms with Crippen molar-refractivity contribution in [2.45, 2.75) is 36.4 Å². The number of nitrogens with zero attached hydrogens (tertiary/aromatic N) is 4. The van der Waals surface area contributed by atoms with Gasteiger partial charge in [-0.2, -0.15) is 0 Å². The zero-order valence-corrected chi connectivity index (χ0v) is 16.1. The quantitative estimate of drug-likeness (QED) is 0.386. The topological polar surface area (TPSA) is 60.7 Å². The molecular formula is C17H14N4OS3. The molecule has 5 nitrogen and oxygen atoms in total. The number of aromatic nitrogens is 4. The summed E-state index contributed by atoms with van der Waals surface area (Å²) in [5.41, 5.74) is 1.28. The maximum atomic E-state index is 12.9. The number of rotatable bonds is 2. The summed E-state index contributed by atoms with van der Waals surface area (Å²) in [5, 5.41) is 3.38. The highest BCUT2D eigenvalue weighted by Crippen LogP contribution is 2.37. The van der Waals surface area contributed by atoms with E-state index in [0.29, 0.717) is 5.16 Å². The third-order valence-electron chi connectivity index (χ3n) is 4.51. The van der Waals surface area contributed by atoms with Crippen molar-refractivity contribution >= 4 is 54.9 Å². The number of aryl methyl sites for hydroxylation is 3. The summed E-state index contributed by atoms with van der Waals surface area (Å²) in [5.74, 6) is 0. The van der Waals surface area contributed by atoms with Crippen molar-refractivity contribution in [3.8, 4) is 0 Å². The number of hydrogen-bond acceptors (Lipinski definition) is 7. The van der Waals surface area contributed by atoms with Crippen LogP contribution in [-0.2, 0) is 19.9 Å². The molecule has 0 amide bonds. The largest absolute Gasteiger partial charge is 0.290 e. The Labute approximate surface area is 155 Å². The Kier molecular flexibility index (Phi) is 3.48. The van der Waals surface area contributed by atoms with Crippen LogP contribution in [0.5, 0.6) is 0 Å². The smallest absolute Gasteiger partial charge is 0.262 e. The molecule has 0 aliphatic heterocycles. The normalized spacial score (nSPS) is 13.8. The van der Waals surface area contributed by atoms with Gasteiger partial charge in [0.1, 0.15) is 21.0 Å². The van der Waals surface area contributed by atoms with Crippen LogP contribution in [-0.4, -0.2) is 19.5 Å². The minimum Gasteiger partial charge on any atom is -0.290 e. The van der Waals surface area contributed by atoms with Crippen molar-refractivity contribution < 1.29 is 0 Å². The lowest BCUT2D eigenvalue weighted by Gasteiger charge is -2.07. The maximum Gasteiger partial charge on any atom is 0.262 e. The molecule has 1 aliphatic carbocycles. The summed E-state index contributed by atoms with van der Waals surface area (Å²) in [7, 11) is 1.80. The third-order valence-corrected chi connectivity index (χ3v) is 7.72. The van der Waals surface area contributed by atoms with Gasteiger partial charge in [-0.05, 0) is 49.6 Å². The first-order valence-electron chi connectivity index (χ1n) is 8.02. The summed E-state index contributed by atoms with van der Waals surface area (Å²) in [6.07, 6.45) is 4.80. The fraction of sp³-hybridized carbons (Fsp3) is 0.294. The van der Waals surface area contributed by atoms with Gasteiger partial charge in [0, 0.05) is 22.2 Å². The van der Waals surface area contributed by atoms with E-state index in [2.05, 4.69) is 23.0 Å². The summed E-state index contributed by atoms with van der Waals surface area (Å²) in [6, 6.07) is 2.10. The Morgan fingerprint density at radius 2 is 2.08 bits per heavy atom. The van der Waals surface area contributed by atoms with E-state index in [4.69, 9.17) is 4.98 Å². The van der Waals surface area contributed by atoms with Gasteiger partial charge in [0.25, 0.3) is 5.56 Å². The van der Waals surface area contributed by atoms with Gasteiger partial charge >= 0.3 is 0 Å². The van der Waals surface area contributed by atoms with Crippen LogP contribution < -0.4 is 5.56 Å². The highest BCUT2D eigenvalue weighted by atomic mass is 32.2. The zero-order valence-electron chi connectivity index (χ0n) is 13.7. The fourth-order valence-electron chi connectivity index (χ4n) is 3.32. The SMILES string of the molecule is Cc1cc2c(Sc3nc4sc5c(c4c(=O)n3C)CCC5)ncnc2s1. The second-order valence-electron chi connectivity index (χ2n) is 6.15. The predicted octanol–water partition coefficient (Wildman–Crippen LogP) is 3.95. The highest BCUT2D eigenvalue weighted by Gasteiger charge is 2.23. The molecule has 0 spiro atoms. The average molecular weight is 387 g/mol. The van der Waals surface area contributed by atoms with Crippen LogP contribution in [0, 0.1) is 6.92 Å². The zero-order chi connectivity index (χ0) is 17.1. The molecule has 0 fully saturated rings. The van der Waals surface area contributed by atoms with E-state index in [-0.39, 0.29) is 5.56 Å². The van der Waals surface area contributed by atoms with Crippen LogP contribution in [0.1, 0.15) is 21.7 Å². The second kappa shape index (κ2) is 5.62. The van der Waals surface area contributed by atoms with E-state index in [9.17, 15) is 4.79 Å². The molecule has 0 aromatic carbocycles. The van der Waals surface area contributed by atoms with Crippen LogP contribution in [0.15, 0.2) is 27.4 Å². The van der Waals surface area contributed by atoms with Gasteiger partial charge in [-0.15, -0.1) is 22.7 Å². The van der Waals surface area contributed by atoms with E-state index < -0.39 is 0 Å². The molecule has 4 heterocycles. The first-order valence-corrected chi connectivity index (χ1v) is 10.5. The summed E-state index contributed by atoms with van der Waals surface area (Å²) < 4.78 is 1.66. The molecule has 4 aromatic heterocycles. The minimum absolute atomic E-state index is 0.0544. The molecule has 0 N–H and O–H groups in total. The molecule has 25 heavy (non-hydrogen) atoms. The van der Waals surface area contributed by atoms with E-state index in [1.807, 2.05) is 0 Å². The fourth-order valence-corrected chi connectivity index (χ4v) is 6.44. The monoisotopic (exact) mass is 386 g/mol. The van der Waals surface area contributed by atoms with Crippen LogP contribution in [0.4, 0.5) is 0 Å². The predicted molar refractivity (Wildman–Crippen MR) is 103 cm³/mol. The molecular weight excluding hydrogens is 372 g/mol. The van der Waals surface area contributed by atoms with E-state index >= 15 is 0 Å². The number of thiophene rings is 2. The number of fused-ring (bicyclic) bond motifs is 4. The van der Waals surface area contributed by atoms with Crippen LogP contribution >= 0.6 is 34.4 Å². The van der Waals surface area contributed by atoms with Crippen molar-refractivity contribution in [1.29, 1.82) is 0 Å². The molecule has 0 saturated heterocycles. The molecule has 0 unspecified atom stereocenters. The molecule has 1 aliphatic rings. The lowest BCUT2D eigenvalue weighted by Crippen LogP contribution is -2.20. The average Bonchev–Trinajstić information content (AvgIpc) is 3.25. The van der Waals surface area contributed by atoms with Crippen molar-refractivity contribution in [3.63, 3.8) is 0 Å². The number of hydrogen-bond donors (Lipinski definition) is 0. The Balaban J connectivity index is 1.68. The first-order chi connectivity index (χ1) is 12.1. The van der Waals surface area contributed by atoms with Gasteiger partial charge in [0.15, 0.2) is 5.16 Å². The van der Waals surface area contributed by atoms with Gasteiger partial charge in [0.2, 0.25) is 0 Å². The van der Waals surface area contributed by atoms with Crippen LogP contribution in [0.25, 0.3) is 20.4 Å². The van der Waals surface area contributed by atoms with Gasteiger partial charge in [-0.25, -0.2) is 15.0 Å². The molecule has 0 saturated carbocycles.